The number of nitrogens with zero attached hydrogens (tertiary/aromatic N) is 2. The van der Waals surface area contributed by atoms with Crippen LogP contribution in [0.1, 0.15) is 36.6 Å². The summed E-state index contributed by atoms with van der Waals surface area (Å²) in [5.74, 6) is 0.659. The van der Waals surface area contributed by atoms with Gasteiger partial charge in [-0.15, -0.1) is 0 Å². The summed E-state index contributed by atoms with van der Waals surface area (Å²) in [4.78, 5) is 28.9. The minimum absolute atomic E-state index is 0.0473. The lowest BCUT2D eigenvalue weighted by Crippen LogP contribution is -2.32. The van der Waals surface area contributed by atoms with Crippen LogP contribution >= 0.6 is 11.8 Å². The van der Waals surface area contributed by atoms with E-state index in [2.05, 4.69) is 10.3 Å². The topological polar surface area (TPSA) is 64.0 Å². The number of thioether (sulfide) groups is 1. The molecule has 0 aliphatic carbocycles. The van der Waals surface area contributed by atoms with E-state index in [4.69, 9.17) is 0 Å². The van der Waals surface area contributed by atoms with Crippen LogP contribution in [-0.4, -0.2) is 21.2 Å². The molecule has 6 heteroatoms. The molecule has 0 bridgehead atoms. The molecule has 2 atom stereocenters. The molecule has 5 nitrogen and oxygen atoms in total. The van der Waals surface area contributed by atoms with Gasteiger partial charge >= 0.3 is 0 Å². The van der Waals surface area contributed by atoms with E-state index in [-0.39, 0.29) is 23.6 Å². The average molecular weight is 329 g/mol. The fraction of sp³-hybridized carbons (Fsp3) is 0.353. The van der Waals surface area contributed by atoms with Crippen LogP contribution in [0, 0.1) is 6.92 Å². The van der Waals surface area contributed by atoms with Gasteiger partial charge in [0.15, 0.2) is 5.16 Å². The molecule has 2 aromatic rings. The number of aryl methyl sites for hydroxylation is 1. The monoisotopic (exact) mass is 329 g/mol. The zero-order valence-electron chi connectivity index (χ0n) is 13.2. The van der Waals surface area contributed by atoms with E-state index in [9.17, 15) is 9.59 Å². The van der Waals surface area contributed by atoms with Crippen LogP contribution in [0.2, 0.25) is 0 Å². The van der Waals surface area contributed by atoms with Gasteiger partial charge in [-0.05, 0) is 19.4 Å². The highest BCUT2D eigenvalue weighted by Gasteiger charge is 2.28. The molecule has 2 unspecified atom stereocenters. The smallest absolute Gasteiger partial charge is 0.257 e. The Bertz CT molecular complexity index is 773. The van der Waals surface area contributed by atoms with Gasteiger partial charge in [0.05, 0.1) is 12.1 Å². The summed E-state index contributed by atoms with van der Waals surface area (Å²) in [5.41, 5.74) is 1.63. The zero-order chi connectivity index (χ0) is 16.4. The lowest BCUT2D eigenvalue weighted by Gasteiger charge is -2.17. The molecule has 1 aliphatic rings. The van der Waals surface area contributed by atoms with Gasteiger partial charge in [0.1, 0.15) is 0 Å². The molecule has 1 aromatic carbocycles. The van der Waals surface area contributed by atoms with Crippen molar-refractivity contribution in [2.75, 3.05) is 5.75 Å². The van der Waals surface area contributed by atoms with Gasteiger partial charge < -0.3 is 5.32 Å². The summed E-state index contributed by atoms with van der Waals surface area (Å²) in [6, 6.07) is 9.66. The van der Waals surface area contributed by atoms with Crippen molar-refractivity contribution in [2.24, 2.45) is 0 Å². The maximum absolute atomic E-state index is 12.3. The highest BCUT2D eigenvalue weighted by atomic mass is 32.2. The third-order valence-electron chi connectivity index (χ3n) is 4.00. The number of rotatable bonds is 4. The largest absolute Gasteiger partial charge is 0.350 e. The van der Waals surface area contributed by atoms with E-state index in [0.29, 0.717) is 22.9 Å². The van der Waals surface area contributed by atoms with Crippen molar-refractivity contribution in [3.8, 4) is 0 Å². The van der Waals surface area contributed by atoms with Gasteiger partial charge in [-0.2, -0.15) is 0 Å². The highest BCUT2D eigenvalue weighted by Crippen LogP contribution is 2.31. The number of carbonyl (C=O) groups is 1. The summed E-state index contributed by atoms with van der Waals surface area (Å²) < 4.78 is 1.66. The first-order chi connectivity index (χ1) is 11.1. The molecule has 1 aromatic heterocycles. The Balaban J connectivity index is 1.69. The molecule has 0 fully saturated rings. The third kappa shape index (κ3) is 3.32. The number of amides is 1. The molecule has 1 aliphatic heterocycles. The number of benzene rings is 1. The predicted octanol–water partition coefficient (Wildman–Crippen LogP) is 2.47. The minimum Gasteiger partial charge on any atom is -0.350 e. The van der Waals surface area contributed by atoms with Crippen molar-refractivity contribution >= 4 is 17.7 Å². The van der Waals surface area contributed by atoms with Crippen molar-refractivity contribution < 1.29 is 4.79 Å². The molecule has 0 spiro atoms. The quantitative estimate of drug-likeness (QED) is 0.875. The molecule has 1 N–H and O–H groups in total. The number of carbonyl (C=O) groups excluding carboxylic acids is 1. The number of hydrogen-bond donors (Lipinski definition) is 1. The normalized spacial score (nSPS) is 17.6. The second-order valence-corrected chi connectivity index (χ2v) is 6.75. The van der Waals surface area contributed by atoms with Crippen LogP contribution in [-0.2, 0) is 4.79 Å². The third-order valence-corrected chi connectivity index (χ3v) is 5.11. The average Bonchev–Trinajstić information content (AvgIpc) is 2.95. The van der Waals surface area contributed by atoms with Gasteiger partial charge in [0, 0.05) is 23.9 Å². The van der Waals surface area contributed by atoms with E-state index < -0.39 is 0 Å². The molecular formula is C17H19N3O2S. The summed E-state index contributed by atoms with van der Waals surface area (Å²) >= 11 is 1.53. The Hall–Kier alpha value is -2.08. The lowest BCUT2D eigenvalue weighted by atomic mass is 10.1. The minimum atomic E-state index is -0.127. The van der Waals surface area contributed by atoms with E-state index in [0.717, 1.165) is 5.56 Å². The fourth-order valence-electron chi connectivity index (χ4n) is 2.71. The Morgan fingerprint density at radius 3 is 2.91 bits per heavy atom. The number of aromatic nitrogens is 2. The first-order valence-electron chi connectivity index (χ1n) is 7.61. The second-order valence-electron chi connectivity index (χ2n) is 5.77. The van der Waals surface area contributed by atoms with Crippen LogP contribution in [0.5, 0.6) is 0 Å². The first-order valence-corrected chi connectivity index (χ1v) is 8.60. The van der Waals surface area contributed by atoms with Crippen LogP contribution < -0.4 is 10.9 Å². The fourth-order valence-corrected chi connectivity index (χ4v) is 3.82. The lowest BCUT2D eigenvalue weighted by molar-refractivity contribution is -0.122. The second kappa shape index (κ2) is 6.58. The Kier molecular flexibility index (Phi) is 4.52. The standard InChI is InChI=1S/C17H19N3O2S/c1-11-9-18-17-20(16(11)22)14(10-23-17)8-15(21)19-12(2)13-6-4-3-5-7-13/h3-7,9,12,14H,8,10H2,1-2H3,(H,19,21). The van der Waals surface area contributed by atoms with E-state index in [1.54, 1.807) is 17.7 Å². The molecule has 23 heavy (non-hydrogen) atoms. The van der Waals surface area contributed by atoms with Crippen molar-refractivity contribution in [3.05, 3.63) is 58.0 Å². The van der Waals surface area contributed by atoms with E-state index >= 15 is 0 Å². The van der Waals surface area contributed by atoms with Crippen LogP contribution in [0.25, 0.3) is 0 Å². The first kappa shape index (κ1) is 15.8. The van der Waals surface area contributed by atoms with Gasteiger partial charge in [0.25, 0.3) is 5.56 Å². The van der Waals surface area contributed by atoms with Gasteiger partial charge in [-0.25, -0.2) is 4.98 Å². The molecule has 0 saturated heterocycles. The summed E-state index contributed by atoms with van der Waals surface area (Å²) in [6.45, 7) is 3.71. The summed E-state index contributed by atoms with van der Waals surface area (Å²) in [7, 11) is 0. The molecule has 3 rings (SSSR count). The maximum atomic E-state index is 12.3. The zero-order valence-corrected chi connectivity index (χ0v) is 14.0. The molecule has 0 radical (unpaired) electrons. The van der Waals surface area contributed by atoms with Crippen LogP contribution in [0.4, 0.5) is 0 Å². The predicted molar refractivity (Wildman–Crippen MR) is 90.6 cm³/mol. The van der Waals surface area contributed by atoms with Crippen molar-refractivity contribution in [3.63, 3.8) is 0 Å². The van der Waals surface area contributed by atoms with Crippen LogP contribution in [0.3, 0.4) is 0 Å². The Labute approximate surface area is 139 Å². The Morgan fingerprint density at radius 1 is 1.43 bits per heavy atom. The maximum Gasteiger partial charge on any atom is 0.257 e. The molecule has 1 amide bonds. The summed E-state index contributed by atoms with van der Waals surface area (Å²) in [5, 5.41) is 3.71. The number of nitrogens with one attached hydrogen (secondary N) is 1. The molecule has 2 heterocycles. The van der Waals surface area contributed by atoms with Crippen LogP contribution in [0.15, 0.2) is 46.5 Å². The molecular weight excluding hydrogens is 310 g/mol. The number of fused-ring (bicyclic) bond motifs is 1. The van der Waals surface area contributed by atoms with Gasteiger partial charge in [0.2, 0.25) is 5.91 Å². The van der Waals surface area contributed by atoms with Crippen molar-refractivity contribution in [2.45, 2.75) is 37.5 Å². The molecule has 0 saturated carbocycles. The SMILES string of the molecule is Cc1cnc2n(c1=O)C(CC(=O)NC(C)c1ccccc1)CS2. The summed E-state index contributed by atoms with van der Waals surface area (Å²) in [6.07, 6.45) is 1.89. The Morgan fingerprint density at radius 2 is 2.17 bits per heavy atom. The molecule has 120 valence electrons. The van der Waals surface area contributed by atoms with E-state index in [1.165, 1.54) is 11.8 Å². The van der Waals surface area contributed by atoms with Gasteiger partial charge in [-0.3, -0.25) is 14.2 Å². The number of hydrogen-bond acceptors (Lipinski definition) is 4. The van der Waals surface area contributed by atoms with Crippen molar-refractivity contribution in [1.82, 2.24) is 14.9 Å². The van der Waals surface area contributed by atoms with E-state index in [1.807, 2.05) is 37.3 Å². The van der Waals surface area contributed by atoms with Gasteiger partial charge in [-0.1, -0.05) is 42.1 Å². The van der Waals surface area contributed by atoms with Crippen molar-refractivity contribution in [1.29, 1.82) is 0 Å². The highest BCUT2D eigenvalue weighted by molar-refractivity contribution is 7.99.